The van der Waals surface area contributed by atoms with Gasteiger partial charge in [0.05, 0.1) is 18.1 Å². The number of imidazole rings is 1. The predicted molar refractivity (Wildman–Crippen MR) is 105 cm³/mol. The Morgan fingerprint density at radius 2 is 2.00 bits per heavy atom. The van der Waals surface area contributed by atoms with Crippen LogP contribution >= 0.6 is 0 Å². The fourth-order valence-electron chi connectivity index (χ4n) is 2.88. The average Bonchev–Trinajstić information content (AvgIpc) is 3.14. The molecule has 3 rings (SSSR count). The number of hydrogen-bond acceptors (Lipinski definition) is 5. The number of hydrogen-bond donors (Lipinski definition) is 2. The number of carbonyl (C=O) groups is 1. The van der Waals surface area contributed by atoms with Gasteiger partial charge in [-0.2, -0.15) is 0 Å². The van der Waals surface area contributed by atoms with Crippen LogP contribution in [-0.4, -0.2) is 32.0 Å². The van der Waals surface area contributed by atoms with Crippen LogP contribution in [0.2, 0.25) is 0 Å². The molecule has 0 saturated heterocycles. The monoisotopic (exact) mass is 364 g/mol. The Morgan fingerprint density at radius 1 is 1.22 bits per heavy atom. The zero-order valence-corrected chi connectivity index (χ0v) is 15.6. The van der Waals surface area contributed by atoms with Crippen molar-refractivity contribution < 1.29 is 4.79 Å². The number of nitrogen functional groups attached to an aromatic ring is 1. The van der Waals surface area contributed by atoms with Gasteiger partial charge in [-0.25, -0.2) is 9.97 Å². The third-order valence-electron chi connectivity index (χ3n) is 4.22. The van der Waals surface area contributed by atoms with Crippen LogP contribution in [0, 0.1) is 0 Å². The first-order chi connectivity index (χ1) is 13.0. The van der Waals surface area contributed by atoms with Crippen LogP contribution < -0.4 is 11.1 Å². The average molecular weight is 364 g/mol. The minimum Gasteiger partial charge on any atom is -0.382 e. The maximum Gasteiger partial charge on any atom is 0.251 e. The summed E-state index contributed by atoms with van der Waals surface area (Å²) in [6.07, 6.45) is 7.79. The first-order valence-corrected chi connectivity index (χ1v) is 9.02. The van der Waals surface area contributed by atoms with Crippen molar-refractivity contribution in [3.8, 4) is 11.3 Å². The van der Waals surface area contributed by atoms with E-state index >= 15 is 0 Å². The Bertz CT molecular complexity index is 901. The van der Waals surface area contributed by atoms with Crippen molar-refractivity contribution in [3.05, 3.63) is 60.4 Å². The van der Waals surface area contributed by atoms with E-state index in [1.54, 1.807) is 18.3 Å². The van der Waals surface area contributed by atoms with Crippen molar-refractivity contribution in [3.63, 3.8) is 0 Å². The number of aryl methyl sites for hydroxylation is 1. The summed E-state index contributed by atoms with van der Waals surface area (Å²) < 4.78 is 2.14. The molecule has 0 atom stereocenters. The van der Waals surface area contributed by atoms with E-state index in [1.807, 2.05) is 24.5 Å². The lowest BCUT2D eigenvalue weighted by Gasteiger charge is -2.11. The molecule has 0 unspecified atom stereocenters. The third kappa shape index (κ3) is 4.69. The molecule has 0 aliphatic carbocycles. The molecule has 2 heterocycles. The maximum absolute atomic E-state index is 12.3. The van der Waals surface area contributed by atoms with Crippen LogP contribution in [-0.2, 0) is 6.54 Å². The summed E-state index contributed by atoms with van der Waals surface area (Å²) in [6.45, 7) is 5.69. The summed E-state index contributed by atoms with van der Waals surface area (Å²) in [5.74, 6) is 1.74. The number of rotatable bonds is 7. The number of anilines is 1. The van der Waals surface area contributed by atoms with Crippen LogP contribution in [0.1, 0.15) is 42.4 Å². The lowest BCUT2D eigenvalue weighted by Crippen LogP contribution is -2.25. The van der Waals surface area contributed by atoms with E-state index in [2.05, 4.69) is 38.7 Å². The minimum atomic E-state index is -0.0880. The van der Waals surface area contributed by atoms with Crippen LogP contribution in [0.25, 0.3) is 11.3 Å². The largest absolute Gasteiger partial charge is 0.382 e. The first kappa shape index (κ1) is 18.6. The number of aromatic nitrogens is 4. The van der Waals surface area contributed by atoms with E-state index in [1.165, 1.54) is 6.20 Å². The van der Waals surface area contributed by atoms with Gasteiger partial charge in [0.1, 0.15) is 11.6 Å². The first-order valence-electron chi connectivity index (χ1n) is 9.02. The van der Waals surface area contributed by atoms with Gasteiger partial charge in [-0.1, -0.05) is 26.0 Å². The lowest BCUT2D eigenvalue weighted by molar-refractivity contribution is 0.0952. The van der Waals surface area contributed by atoms with E-state index in [9.17, 15) is 4.79 Å². The molecule has 1 aromatic carbocycles. The highest BCUT2D eigenvalue weighted by Gasteiger charge is 2.08. The zero-order valence-electron chi connectivity index (χ0n) is 15.6. The molecule has 0 bridgehead atoms. The summed E-state index contributed by atoms with van der Waals surface area (Å²) in [5.41, 5.74) is 7.82. The maximum atomic E-state index is 12.3. The Hall–Kier alpha value is -3.22. The standard InChI is InChI=1S/C20H24N6O/c1-14(2)19-23-9-11-26(19)10-3-8-24-20(27)16-6-4-15(5-7-16)17-12-22-13-18(21)25-17/h4-7,9,11-14H,3,8,10H2,1-2H3,(H2,21,25)(H,24,27). The molecular formula is C20H24N6O. The molecule has 7 nitrogen and oxygen atoms in total. The second kappa shape index (κ2) is 8.44. The summed E-state index contributed by atoms with van der Waals surface area (Å²) in [6, 6.07) is 7.25. The zero-order chi connectivity index (χ0) is 19.2. The second-order valence-corrected chi connectivity index (χ2v) is 6.65. The summed E-state index contributed by atoms with van der Waals surface area (Å²) in [4.78, 5) is 24.9. The van der Waals surface area contributed by atoms with Gasteiger partial charge in [0.2, 0.25) is 0 Å². The summed E-state index contributed by atoms with van der Waals surface area (Å²) in [5, 5.41) is 2.96. The Morgan fingerprint density at radius 3 is 2.70 bits per heavy atom. The quantitative estimate of drug-likeness (QED) is 0.628. The predicted octanol–water partition coefficient (Wildman–Crippen LogP) is 2.87. The molecule has 0 aliphatic rings. The number of amides is 1. The minimum absolute atomic E-state index is 0.0880. The molecule has 0 aliphatic heterocycles. The smallest absolute Gasteiger partial charge is 0.251 e. The van der Waals surface area contributed by atoms with Gasteiger partial charge >= 0.3 is 0 Å². The topological polar surface area (TPSA) is 98.7 Å². The molecule has 2 aromatic heterocycles. The number of nitrogens with one attached hydrogen (secondary N) is 1. The van der Waals surface area contributed by atoms with E-state index in [0.717, 1.165) is 24.4 Å². The van der Waals surface area contributed by atoms with Gasteiger partial charge in [0.15, 0.2) is 0 Å². The molecule has 0 fully saturated rings. The molecular weight excluding hydrogens is 340 g/mol. The van der Waals surface area contributed by atoms with Crippen molar-refractivity contribution in [2.45, 2.75) is 32.7 Å². The highest BCUT2D eigenvalue weighted by atomic mass is 16.1. The molecule has 3 N–H and O–H groups in total. The number of benzene rings is 1. The van der Waals surface area contributed by atoms with Crippen LogP contribution in [0.15, 0.2) is 49.1 Å². The van der Waals surface area contributed by atoms with Crippen molar-refractivity contribution in [1.29, 1.82) is 0 Å². The van der Waals surface area contributed by atoms with E-state index in [4.69, 9.17) is 5.73 Å². The summed E-state index contributed by atoms with van der Waals surface area (Å²) >= 11 is 0. The Labute approximate surface area is 158 Å². The van der Waals surface area contributed by atoms with Crippen molar-refractivity contribution in [1.82, 2.24) is 24.8 Å². The number of nitrogens with two attached hydrogens (primary N) is 1. The van der Waals surface area contributed by atoms with Crippen molar-refractivity contribution in [2.24, 2.45) is 0 Å². The van der Waals surface area contributed by atoms with Gasteiger partial charge < -0.3 is 15.6 Å². The fraction of sp³-hybridized carbons (Fsp3) is 0.300. The molecule has 3 aromatic rings. The molecule has 140 valence electrons. The summed E-state index contributed by atoms with van der Waals surface area (Å²) in [7, 11) is 0. The molecule has 0 spiro atoms. The SMILES string of the molecule is CC(C)c1nccn1CCCNC(=O)c1ccc(-c2cncc(N)n2)cc1. The van der Waals surface area contributed by atoms with Crippen LogP contribution in [0.5, 0.6) is 0 Å². The Kier molecular flexibility index (Phi) is 5.80. The van der Waals surface area contributed by atoms with Crippen molar-refractivity contribution in [2.75, 3.05) is 12.3 Å². The number of carbonyl (C=O) groups excluding carboxylic acids is 1. The van der Waals surface area contributed by atoms with E-state index in [0.29, 0.717) is 29.5 Å². The lowest BCUT2D eigenvalue weighted by atomic mass is 10.1. The third-order valence-corrected chi connectivity index (χ3v) is 4.22. The molecule has 27 heavy (non-hydrogen) atoms. The number of nitrogens with zero attached hydrogens (tertiary/aromatic N) is 4. The van der Waals surface area contributed by atoms with Gasteiger partial charge in [-0.15, -0.1) is 0 Å². The highest BCUT2D eigenvalue weighted by molar-refractivity contribution is 5.94. The Balaban J connectivity index is 1.52. The molecule has 1 amide bonds. The van der Waals surface area contributed by atoms with Gasteiger partial charge in [0.25, 0.3) is 5.91 Å². The molecule has 0 radical (unpaired) electrons. The van der Waals surface area contributed by atoms with Crippen LogP contribution in [0.4, 0.5) is 5.82 Å². The van der Waals surface area contributed by atoms with Gasteiger partial charge in [-0.3, -0.25) is 9.78 Å². The van der Waals surface area contributed by atoms with Crippen LogP contribution in [0.3, 0.4) is 0 Å². The molecule has 0 saturated carbocycles. The van der Waals surface area contributed by atoms with Gasteiger partial charge in [0, 0.05) is 42.5 Å². The van der Waals surface area contributed by atoms with Crippen molar-refractivity contribution >= 4 is 11.7 Å². The normalized spacial score (nSPS) is 10.9. The highest BCUT2D eigenvalue weighted by Crippen LogP contribution is 2.17. The van der Waals surface area contributed by atoms with Gasteiger partial charge in [-0.05, 0) is 18.6 Å². The molecule has 7 heteroatoms. The fourth-order valence-corrected chi connectivity index (χ4v) is 2.88. The van der Waals surface area contributed by atoms with E-state index in [-0.39, 0.29) is 5.91 Å². The second-order valence-electron chi connectivity index (χ2n) is 6.65. The van der Waals surface area contributed by atoms with E-state index < -0.39 is 0 Å².